The number of rotatable bonds is 3. The van der Waals surface area contributed by atoms with Crippen molar-refractivity contribution in [2.24, 2.45) is 0 Å². The van der Waals surface area contributed by atoms with Gasteiger partial charge in [0.1, 0.15) is 0 Å². The van der Waals surface area contributed by atoms with E-state index in [1.807, 2.05) is 6.92 Å². The molecular weight excluding hydrogens is 270 g/mol. The summed E-state index contributed by atoms with van der Waals surface area (Å²) in [5.41, 5.74) is 0.0695. The van der Waals surface area contributed by atoms with E-state index in [0.29, 0.717) is 17.3 Å². The van der Waals surface area contributed by atoms with Gasteiger partial charge in [-0.3, -0.25) is 4.79 Å². The number of hydrogen-bond donors (Lipinski definition) is 0. The lowest BCUT2D eigenvalue weighted by Crippen LogP contribution is -2.02. The van der Waals surface area contributed by atoms with Crippen molar-refractivity contribution in [1.82, 2.24) is 0 Å². The second kappa shape index (κ2) is 4.89. The Morgan fingerprint density at radius 1 is 1.57 bits per heavy atom. The maximum Gasteiger partial charge on any atom is 0.165 e. The van der Waals surface area contributed by atoms with Crippen LogP contribution in [0.5, 0.6) is 0 Å². The minimum absolute atomic E-state index is 0.0352. The first-order valence-electron chi connectivity index (χ1n) is 4.24. The molecule has 0 fully saturated rings. The van der Waals surface area contributed by atoms with Crippen LogP contribution in [0.1, 0.15) is 30.1 Å². The number of carbonyl (C=O) groups is 1. The molecule has 1 aromatic rings. The van der Waals surface area contributed by atoms with E-state index in [0.717, 1.165) is 0 Å². The second-order valence-corrected chi connectivity index (χ2v) is 4.13. The SMILES string of the molecule is CCCC(=O)c1ccc(Br)c(Cl)c1F. The number of Topliss-reactive ketones (excluding diaryl/α,β-unsaturated/α-hetero) is 1. The monoisotopic (exact) mass is 278 g/mol. The number of hydrogen-bond acceptors (Lipinski definition) is 1. The van der Waals surface area contributed by atoms with Crippen molar-refractivity contribution >= 4 is 33.3 Å². The van der Waals surface area contributed by atoms with Gasteiger partial charge in [-0.25, -0.2) is 4.39 Å². The Bertz CT molecular complexity index is 365. The Labute approximate surface area is 95.4 Å². The minimum Gasteiger partial charge on any atom is -0.294 e. The summed E-state index contributed by atoms with van der Waals surface area (Å²) < 4.78 is 13.9. The molecule has 0 aromatic heterocycles. The highest BCUT2D eigenvalue weighted by Gasteiger charge is 2.15. The lowest BCUT2D eigenvalue weighted by Gasteiger charge is -2.04. The van der Waals surface area contributed by atoms with E-state index in [1.165, 1.54) is 6.07 Å². The summed E-state index contributed by atoms with van der Waals surface area (Å²) in [5.74, 6) is -0.848. The predicted octanol–water partition coefficient (Wildman–Crippen LogP) is 4.22. The highest BCUT2D eigenvalue weighted by molar-refractivity contribution is 9.10. The molecule has 0 saturated heterocycles. The molecule has 0 spiro atoms. The summed E-state index contributed by atoms with van der Waals surface area (Å²) in [4.78, 5) is 11.4. The van der Waals surface area contributed by atoms with Crippen molar-refractivity contribution in [3.63, 3.8) is 0 Å². The largest absolute Gasteiger partial charge is 0.294 e. The van der Waals surface area contributed by atoms with Crippen molar-refractivity contribution in [3.05, 3.63) is 33.0 Å². The fraction of sp³-hybridized carbons (Fsp3) is 0.300. The smallest absolute Gasteiger partial charge is 0.165 e. The maximum atomic E-state index is 13.5. The van der Waals surface area contributed by atoms with E-state index in [9.17, 15) is 9.18 Å². The van der Waals surface area contributed by atoms with Crippen molar-refractivity contribution < 1.29 is 9.18 Å². The van der Waals surface area contributed by atoms with Gasteiger partial charge >= 0.3 is 0 Å². The van der Waals surface area contributed by atoms with Crippen LogP contribution in [0.2, 0.25) is 5.02 Å². The Morgan fingerprint density at radius 3 is 2.79 bits per heavy atom. The van der Waals surface area contributed by atoms with Crippen LogP contribution >= 0.6 is 27.5 Å². The molecule has 0 heterocycles. The summed E-state index contributed by atoms with van der Waals surface area (Å²) in [5, 5.41) is -0.0352. The lowest BCUT2D eigenvalue weighted by atomic mass is 10.1. The van der Waals surface area contributed by atoms with Crippen LogP contribution in [-0.2, 0) is 0 Å². The van der Waals surface area contributed by atoms with Crippen LogP contribution in [0, 0.1) is 5.82 Å². The van der Waals surface area contributed by atoms with E-state index >= 15 is 0 Å². The zero-order valence-corrected chi connectivity index (χ0v) is 9.95. The van der Waals surface area contributed by atoms with E-state index < -0.39 is 5.82 Å². The summed E-state index contributed by atoms with van der Waals surface area (Å²) >= 11 is 8.74. The van der Waals surface area contributed by atoms with E-state index in [1.54, 1.807) is 6.07 Å². The number of ketones is 1. The van der Waals surface area contributed by atoms with Crippen LogP contribution in [-0.4, -0.2) is 5.78 Å². The van der Waals surface area contributed by atoms with E-state index in [-0.39, 0.29) is 16.4 Å². The minimum atomic E-state index is -0.639. The molecule has 1 rings (SSSR count). The molecule has 14 heavy (non-hydrogen) atoms. The third kappa shape index (κ3) is 2.34. The quantitative estimate of drug-likeness (QED) is 0.598. The fourth-order valence-corrected chi connectivity index (χ4v) is 1.57. The average molecular weight is 280 g/mol. The Kier molecular flexibility index (Phi) is 4.08. The van der Waals surface area contributed by atoms with Gasteiger partial charge in [-0.05, 0) is 34.5 Å². The van der Waals surface area contributed by atoms with Gasteiger partial charge in [0.15, 0.2) is 11.6 Å². The maximum absolute atomic E-state index is 13.5. The highest BCUT2D eigenvalue weighted by atomic mass is 79.9. The standard InChI is InChI=1S/C10H9BrClFO/c1-2-3-8(14)6-4-5-7(11)9(12)10(6)13/h4-5H,2-3H2,1H3. The molecule has 4 heteroatoms. The number of carbonyl (C=O) groups excluding carboxylic acids is 1. The molecule has 0 aliphatic rings. The van der Waals surface area contributed by atoms with Crippen molar-refractivity contribution in [2.75, 3.05) is 0 Å². The van der Waals surface area contributed by atoms with Crippen molar-refractivity contribution in [3.8, 4) is 0 Å². The van der Waals surface area contributed by atoms with Gasteiger partial charge in [-0.15, -0.1) is 0 Å². The molecule has 1 aromatic carbocycles. The fourth-order valence-electron chi connectivity index (χ4n) is 1.10. The molecule has 0 radical (unpaired) electrons. The van der Waals surface area contributed by atoms with Gasteiger partial charge in [0.25, 0.3) is 0 Å². The van der Waals surface area contributed by atoms with Crippen LogP contribution in [0.4, 0.5) is 4.39 Å². The Morgan fingerprint density at radius 2 is 2.21 bits per heavy atom. The highest BCUT2D eigenvalue weighted by Crippen LogP contribution is 2.28. The van der Waals surface area contributed by atoms with Gasteiger partial charge in [-0.2, -0.15) is 0 Å². The lowest BCUT2D eigenvalue weighted by molar-refractivity contribution is 0.0978. The van der Waals surface area contributed by atoms with E-state index in [4.69, 9.17) is 11.6 Å². The Hall–Kier alpha value is -0.410. The zero-order valence-electron chi connectivity index (χ0n) is 7.61. The molecule has 0 N–H and O–H groups in total. The molecule has 0 unspecified atom stereocenters. The zero-order chi connectivity index (χ0) is 10.7. The van der Waals surface area contributed by atoms with E-state index in [2.05, 4.69) is 15.9 Å². The van der Waals surface area contributed by atoms with Gasteiger partial charge in [0, 0.05) is 10.9 Å². The molecule has 76 valence electrons. The van der Waals surface area contributed by atoms with Crippen LogP contribution in [0.25, 0.3) is 0 Å². The summed E-state index contributed by atoms with van der Waals surface area (Å²) in [7, 11) is 0. The molecule has 1 nitrogen and oxygen atoms in total. The molecule has 0 atom stereocenters. The topological polar surface area (TPSA) is 17.1 Å². The summed E-state index contributed by atoms with van der Waals surface area (Å²) in [6, 6.07) is 3.03. The molecule has 0 amide bonds. The predicted molar refractivity (Wildman–Crippen MR) is 58.3 cm³/mol. The van der Waals surface area contributed by atoms with Gasteiger partial charge in [0.05, 0.1) is 10.6 Å². The van der Waals surface area contributed by atoms with Gasteiger partial charge in [-0.1, -0.05) is 18.5 Å². The number of benzene rings is 1. The van der Waals surface area contributed by atoms with Crippen LogP contribution in [0.15, 0.2) is 16.6 Å². The normalized spacial score (nSPS) is 10.3. The molecule has 0 aliphatic carbocycles. The van der Waals surface area contributed by atoms with Crippen molar-refractivity contribution in [1.29, 1.82) is 0 Å². The molecule has 0 saturated carbocycles. The molecule has 0 bridgehead atoms. The summed E-state index contributed by atoms with van der Waals surface area (Å²) in [6.45, 7) is 1.87. The third-order valence-corrected chi connectivity index (χ3v) is 3.07. The first-order chi connectivity index (χ1) is 6.57. The van der Waals surface area contributed by atoms with Crippen molar-refractivity contribution in [2.45, 2.75) is 19.8 Å². The first-order valence-corrected chi connectivity index (χ1v) is 5.41. The van der Waals surface area contributed by atoms with Gasteiger partial charge in [0.2, 0.25) is 0 Å². The average Bonchev–Trinajstić information content (AvgIpc) is 2.15. The third-order valence-electron chi connectivity index (χ3n) is 1.81. The second-order valence-electron chi connectivity index (χ2n) is 2.90. The number of halogens is 3. The first kappa shape index (κ1) is 11.7. The van der Waals surface area contributed by atoms with Crippen LogP contribution < -0.4 is 0 Å². The van der Waals surface area contributed by atoms with Gasteiger partial charge < -0.3 is 0 Å². The summed E-state index contributed by atoms with van der Waals surface area (Å²) in [6.07, 6.45) is 1.04. The molecule has 0 aliphatic heterocycles. The Balaban J connectivity index is 3.11. The molecular formula is C10H9BrClFO. The van der Waals surface area contributed by atoms with Crippen LogP contribution in [0.3, 0.4) is 0 Å².